The van der Waals surface area contributed by atoms with Gasteiger partial charge in [0.15, 0.2) is 0 Å². The van der Waals surface area contributed by atoms with Crippen molar-refractivity contribution in [3.63, 3.8) is 0 Å². The van der Waals surface area contributed by atoms with E-state index in [4.69, 9.17) is 0 Å². The summed E-state index contributed by atoms with van der Waals surface area (Å²) in [7, 11) is 0. The number of hydrogen-bond donors (Lipinski definition) is 1. The van der Waals surface area contributed by atoms with Crippen molar-refractivity contribution in [2.45, 2.75) is 40.0 Å². The molecule has 0 aromatic heterocycles. The molecule has 1 N–H and O–H groups in total. The molecule has 0 saturated heterocycles. The zero-order valence-corrected chi connectivity index (χ0v) is 8.56. The zero-order chi connectivity index (χ0) is 9.23. The van der Waals surface area contributed by atoms with Crippen molar-refractivity contribution >= 4 is 0 Å². The van der Waals surface area contributed by atoms with Gasteiger partial charge in [0.1, 0.15) is 0 Å². The number of unbranched alkanes of at least 4 members (excludes halogenated alkanes) is 1. The molecule has 0 bridgehead atoms. The van der Waals surface area contributed by atoms with Crippen LogP contribution in [0.5, 0.6) is 0 Å². The number of allylic oxidation sites excluding steroid dienone is 3. The second kappa shape index (κ2) is 8.38. The molecule has 0 amide bonds. The van der Waals surface area contributed by atoms with Crippen LogP contribution in [0.25, 0.3) is 0 Å². The van der Waals surface area contributed by atoms with Crippen LogP contribution < -0.4 is 5.32 Å². The van der Waals surface area contributed by atoms with E-state index < -0.39 is 0 Å². The Bertz CT molecular complexity index is 145. The van der Waals surface area contributed by atoms with Crippen molar-refractivity contribution in [3.05, 3.63) is 23.9 Å². The van der Waals surface area contributed by atoms with Crippen LogP contribution >= 0.6 is 0 Å². The maximum atomic E-state index is 3.33. The van der Waals surface area contributed by atoms with Gasteiger partial charge in [-0.15, -0.1) is 0 Å². The van der Waals surface area contributed by atoms with Crippen LogP contribution in [0.2, 0.25) is 0 Å². The fraction of sp³-hybridized carbons (Fsp3) is 0.636. The van der Waals surface area contributed by atoms with Crippen LogP contribution in [0.1, 0.15) is 40.0 Å². The lowest BCUT2D eigenvalue weighted by atomic mass is 10.1. The second-order valence-corrected chi connectivity index (χ2v) is 2.60. The second-order valence-electron chi connectivity index (χ2n) is 2.60. The molecule has 1 rings (SSSR count). The van der Waals surface area contributed by atoms with Gasteiger partial charge in [0, 0.05) is 12.2 Å². The molecule has 70 valence electrons. The Hall–Kier alpha value is -0.720. The van der Waals surface area contributed by atoms with Gasteiger partial charge in [0.2, 0.25) is 0 Å². The first-order valence-corrected chi connectivity index (χ1v) is 5.03. The predicted octanol–water partition coefficient (Wildman–Crippen LogP) is 3.25. The van der Waals surface area contributed by atoms with Crippen molar-refractivity contribution < 1.29 is 0 Å². The van der Waals surface area contributed by atoms with E-state index in [-0.39, 0.29) is 0 Å². The van der Waals surface area contributed by atoms with Gasteiger partial charge >= 0.3 is 0 Å². The summed E-state index contributed by atoms with van der Waals surface area (Å²) in [5.74, 6) is 0. The summed E-state index contributed by atoms with van der Waals surface area (Å²) in [6.45, 7) is 7.23. The molecule has 1 aliphatic heterocycles. The van der Waals surface area contributed by atoms with E-state index in [1.54, 1.807) is 0 Å². The standard InChI is InChI=1S/C9H15N.C2H6/c1-2-3-6-9-7-4-5-8-10-9;1-2/h4-5,7,10H,2-3,6,8H2,1H3;1-2H3. The van der Waals surface area contributed by atoms with Gasteiger partial charge in [0.25, 0.3) is 0 Å². The molecular formula is C11H21N. The molecule has 0 aromatic carbocycles. The van der Waals surface area contributed by atoms with Crippen LogP contribution in [-0.2, 0) is 0 Å². The Kier molecular flexibility index (Phi) is 7.87. The minimum atomic E-state index is 1.01. The quantitative estimate of drug-likeness (QED) is 0.680. The summed E-state index contributed by atoms with van der Waals surface area (Å²) >= 11 is 0. The molecule has 1 nitrogen and oxygen atoms in total. The van der Waals surface area contributed by atoms with Gasteiger partial charge in [-0.25, -0.2) is 0 Å². The van der Waals surface area contributed by atoms with E-state index >= 15 is 0 Å². The third kappa shape index (κ3) is 5.00. The maximum Gasteiger partial charge on any atom is 0.0330 e. The van der Waals surface area contributed by atoms with E-state index in [0.717, 1.165) is 6.54 Å². The van der Waals surface area contributed by atoms with Crippen LogP contribution in [0.15, 0.2) is 23.9 Å². The Morgan fingerprint density at radius 3 is 2.67 bits per heavy atom. The van der Waals surface area contributed by atoms with Crippen LogP contribution in [-0.4, -0.2) is 6.54 Å². The average Bonchev–Trinajstić information content (AvgIpc) is 2.19. The third-order valence-corrected chi connectivity index (χ3v) is 1.68. The Morgan fingerprint density at radius 2 is 2.17 bits per heavy atom. The van der Waals surface area contributed by atoms with Crippen molar-refractivity contribution in [3.8, 4) is 0 Å². The highest BCUT2D eigenvalue weighted by molar-refractivity contribution is 5.16. The lowest BCUT2D eigenvalue weighted by molar-refractivity contribution is 0.723. The van der Waals surface area contributed by atoms with Crippen molar-refractivity contribution in [2.24, 2.45) is 0 Å². The molecule has 0 saturated carbocycles. The molecule has 1 aliphatic rings. The predicted molar refractivity (Wildman–Crippen MR) is 56.1 cm³/mol. The summed E-state index contributed by atoms with van der Waals surface area (Å²) in [4.78, 5) is 0. The van der Waals surface area contributed by atoms with Gasteiger partial charge in [0.05, 0.1) is 0 Å². The third-order valence-electron chi connectivity index (χ3n) is 1.68. The topological polar surface area (TPSA) is 12.0 Å². The minimum Gasteiger partial charge on any atom is -0.385 e. The van der Waals surface area contributed by atoms with E-state index in [9.17, 15) is 0 Å². The van der Waals surface area contributed by atoms with Crippen LogP contribution in [0.4, 0.5) is 0 Å². The lowest BCUT2D eigenvalue weighted by Crippen LogP contribution is -2.15. The van der Waals surface area contributed by atoms with Crippen LogP contribution in [0, 0.1) is 0 Å². The molecule has 0 unspecified atom stereocenters. The molecular weight excluding hydrogens is 146 g/mol. The van der Waals surface area contributed by atoms with Gasteiger partial charge in [-0.05, 0) is 18.9 Å². The van der Waals surface area contributed by atoms with E-state index in [1.165, 1.54) is 25.0 Å². The molecule has 0 fully saturated rings. The number of hydrogen-bond acceptors (Lipinski definition) is 1. The molecule has 1 heterocycles. The Labute approximate surface area is 76.6 Å². The van der Waals surface area contributed by atoms with Gasteiger partial charge in [-0.3, -0.25) is 0 Å². The van der Waals surface area contributed by atoms with Gasteiger partial charge < -0.3 is 5.32 Å². The first-order chi connectivity index (χ1) is 5.93. The van der Waals surface area contributed by atoms with E-state index in [1.807, 2.05) is 13.8 Å². The lowest BCUT2D eigenvalue weighted by Gasteiger charge is -2.10. The zero-order valence-electron chi connectivity index (χ0n) is 8.56. The first-order valence-electron chi connectivity index (χ1n) is 5.03. The highest BCUT2D eigenvalue weighted by Crippen LogP contribution is 2.05. The average molecular weight is 167 g/mol. The number of nitrogens with one attached hydrogen (secondary N) is 1. The maximum absolute atomic E-state index is 3.33. The fourth-order valence-electron chi connectivity index (χ4n) is 1.04. The van der Waals surface area contributed by atoms with Crippen molar-refractivity contribution in [2.75, 3.05) is 6.54 Å². The Balaban J connectivity index is 0.000000561. The largest absolute Gasteiger partial charge is 0.385 e. The normalized spacial score (nSPS) is 14.1. The van der Waals surface area contributed by atoms with E-state index in [0.29, 0.717) is 0 Å². The van der Waals surface area contributed by atoms with Gasteiger partial charge in [-0.1, -0.05) is 39.3 Å². The molecule has 0 radical (unpaired) electrons. The number of dihydropyridines is 1. The smallest absolute Gasteiger partial charge is 0.0330 e. The van der Waals surface area contributed by atoms with Gasteiger partial charge in [-0.2, -0.15) is 0 Å². The summed E-state index contributed by atoms with van der Waals surface area (Å²) in [5.41, 5.74) is 1.39. The number of rotatable bonds is 3. The molecule has 0 spiro atoms. The molecule has 0 aromatic rings. The highest BCUT2D eigenvalue weighted by Gasteiger charge is 1.95. The molecule has 0 atom stereocenters. The highest BCUT2D eigenvalue weighted by atomic mass is 14.9. The fourth-order valence-corrected chi connectivity index (χ4v) is 1.04. The SMILES string of the molecule is CC.CCCCC1=CC=CCN1. The first kappa shape index (κ1) is 11.3. The monoisotopic (exact) mass is 167 g/mol. The summed E-state index contributed by atoms with van der Waals surface area (Å²) in [5, 5.41) is 3.33. The molecule has 1 heteroatoms. The van der Waals surface area contributed by atoms with E-state index in [2.05, 4.69) is 30.5 Å². The summed E-state index contributed by atoms with van der Waals surface area (Å²) in [6.07, 6.45) is 10.2. The minimum absolute atomic E-state index is 1.01. The Morgan fingerprint density at radius 1 is 1.42 bits per heavy atom. The molecule has 12 heavy (non-hydrogen) atoms. The van der Waals surface area contributed by atoms with Crippen LogP contribution in [0.3, 0.4) is 0 Å². The molecule has 0 aliphatic carbocycles. The summed E-state index contributed by atoms with van der Waals surface area (Å²) in [6, 6.07) is 0. The van der Waals surface area contributed by atoms with Crippen molar-refractivity contribution in [1.29, 1.82) is 0 Å². The summed E-state index contributed by atoms with van der Waals surface area (Å²) < 4.78 is 0. The van der Waals surface area contributed by atoms with Crippen molar-refractivity contribution in [1.82, 2.24) is 5.32 Å².